The summed E-state index contributed by atoms with van der Waals surface area (Å²) in [4.78, 5) is 10.5. The zero-order valence-corrected chi connectivity index (χ0v) is 11.6. The van der Waals surface area contributed by atoms with Crippen molar-refractivity contribution in [3.8, 4) is 5.75 Å². The zero-order valence-electron chi connectivity index (χ0n) is 11.6. The highest BCUT2D eigenvalue weighted by Crippen LogP contribution is 2.30. The average molecular weight is 280 g/mol. The highest BCUT2D eigenvalue weighted by molar-refractivity contribution is 5.58. The van der Waals surface area contributed by atoms with Crippen molar-refractivity contribution in [2.24, 2.45) is 5.92 Å². The van der Waals surface area contributed by atoms with Gasteiger partial charge in [-0.1, -0.05) is 6.92 Å². The van der Waals surface area contributed by atoms with E-state index in [1.165, 1.54) is 6.07 Å². The molecular weight excluding hydrogens is 260 g/mol. The fourth-order valence-corrected chi connectivity index (χ4v) is 2.11. The van der Waals surface area contributed by atoms with Crippen molar-refractivity contribution in [2.75, 3.05) is 31.7 Å². The highest BCUT2D eigenvalue weighted by Gasteiger charge is 2.18. The van der Waals surface area contributed by atoms with Gasteiger partial charge in [-0.15, -0.1) is 0 Å². The van der Waals surface area contributed by atoms with Crippen molar-refractivity contribution >= 4 is 11.4 Å². The lowest BCUT2D eigenvalue weighted by atomic mass is 10.1. The Balaban J connectivity index is 2.03. The van der Waals surface area contributed by atoms with E-state index < -0.39 is 4.92 Å². The number of nitro groups is 1. The van der Waals surface area contributed by atoms with Crippen molar-refractivity contribution < 1.29 is 14.4 Å². The third kappa shape index (κ3) is 3.84. The number of benzene rings is 1. The summed E-state index contributed by atoms with van der Waals surface area (Å²) < 4.78 is 10.8. The minimum absolute atomic E-state index is 0.00759. The first kappa shape index (κ1) is 14.6. The van der Waals surface area contributed by atoms with E-state index in [2.05, 4.69) is 5.32 Å². The van der Waals surface area contributed by atoms with Crippen molar-refractivity contribution in [2.45, 2.75) is 19.8 Å². The number of anilines is 1. The molecule has 1 unspecified atom stereocenters. The number of nitrogens with one attached hydrogen (secondary N) is 1. The zero-order chi connectivity index (χ0) is 14.4. The molecule has 110 valence electrons. The summed E-state index contributed by atoms with van der Waals surface area (Å²) in [7, 11) is 0. The summed E-state index contributed by atoms with van der Waals surface area (Å²) in [5, 5.41) is 14.2. The summed E-state index contributed by atoms with van der Waals surface area (Å²) in [6.45, 7) is 4.84. The molecule has 0 amide bonds. The Bertz CT molecular complexity index is 458. The van der Waals surface area contributed by atoms with Gasteiger partial charge >= 0.3 is 5.69 Å². The van der Waals surface area contributed by atoms with Crippen molar-refractivity contribution in [3.63, 3.8) is 0 Å². The van der Waals surface area contributed by atoms with Gasteiger partial charge in [-0.05, 0) is 18.9 Å². The third-order valence-electron chi connectivity index (χ3n) is 3.24. The molecule has 2 rings (SSSR count). The molecule has 0 spiro atoms. The predicted octanol–water partition coefficient (Wildman–Crippen LogP) is 2.83. The maximum absolute atomic E-state index is 11.0. The van der Waals surface area contributed by atoms with E-state index in [1.807, 2.05) is 6.92 Å². The summed E-state index contributed by atoms with van der Waals surface area (Å²) in [6.07, 6.45) is 1.87. The molecule has 1 aromatic carbocycles. The fourth-order valence-electron chi connectivity index (χ4n) is 2.11. The van der Waals surface area contributed by atoms with E-state index >= 15 is 0 Å². The second kappa shape index (κ2) is 7.09. The smallest absolute Gasteiger partial charge is 0.311 e. The Kier molecular flexibility index (Phi) is 5.17. The number of nitro benzene ring substituents is 1. The van der Waals surface area contributed by atoms with Crippen LogP contribution in [0.4, 0.5) is 11.4 Å². The van der Waals surface area contributed by atoms with Crippen molar-refractivity contribution in [1.82, 2.24) is 0 Å². The Morgan fingerprint density at radius 2 is 2.40 bits per heavy atom. The van der Waals surface area contributed by atoms with Crippen LogP contribution in [0.5, 0.6) is 5.75 Å². The van der Waals surface area contributed by atoms with Gasteiger partial charge in [0.2, 0.25) is 0 Å². The van der Waals surface area contributed by atoms with Gasteiger partial charge in [-0.25, -0.2) is 0 Å². The molecule has 1 saturated heterocycles. The Morgan fingerprint density at radius 3 is 3.05 bits per heavy atom. The third-order valence-corrected chi connectivity index (χ3v) is 3.24. The minimum Gasteiger partial charge on any atom is -0.487 e. The van der Waals surface area contributed by atoms with Crippen LogP contribution >= 0.6 is 0 Å². The summed E-state index contributed by atoms with van der Waals surface area (Å²) >= 11 is 0. The van der Waals surface area contributed by atoms with Gasteiger partial charge in [-0.2, -0.15) is 0 Å². The molecule has 1 heterocycles. The lowest BCUT2D eigenvalue weighted by Gasteiger charge is -2.12. The maximum Gasteiger partial charge on any atom is 0.311 e. The fraction of sp³-hybridized carbons (Fsp3) is 0.571. The van der Waals surface area contributed by atoms with Crippen LogP contribution in [0.1, 0.15) is 19.8 Å². The number of rotatable bonds is 7. The van der Waals surface area contributed by atoms with Gasteiger partial charge < -0.3 is 14.8 Å². The number of hydrogen-bond acceptors (Lipinski definition) is 5. The first-order valence-electron chi connectivity index (χ1n) is 6.93. The van der Waals surface area contributed by atoms with E-state index in [0.717, 1.165) is 38.3 Å². The molecule has 0 aromatic heterocycles. The SMILES string of the molecule is CCCOc1cc(NCC2CCOC2)ccc1[N+](=O)[O-]. The van der Waals surface area contributed by atoms with Gasteiger partial charge in [-0.3, -0.25) is 10.1 Å². The van der Waals surface area contributed by atoms with Crippen LogP contribution in [-0.4, -0.2) is 31.3 Å². The predicted molar refractivity (Wildman–Crippen MR) is 76.3 cm³/mol. The van der Waals surface area contributed by atoms with Gasteiger partial charge in [0.25, 0.3) is 0 Å². The summed E-state index contributed by atoms with van der Waals surface area (Å²) in [5.41, 5.74) is 0.849. The van der Waals surface area contributed by atoms with Gasteiger partial charge in [0, 0.05) is 36.9 Å². The molecule has 1 atom stereocenters. The summed E-state index contributed by atoms with van der Waals surface area (Å²) in [5.74, 6) is 0.828. The van der Waals surface area contributed by atoms with Gasteiger partial charge in [0.1, 0.15) is 0 Å². The molecule has 1 N–H and O–H groups in total. The van der Waals surface area contributed by atoms with E-state index in [-0.39, 0.29) is 5.69 Å². The van der Waals surface area contributed by atoms with E-state index in [9.17, 15) is 10.1 Å². The molecule has 0 aliphatic carbocycles. The second-order valence-electron chi connectivity index (χ2n) is 4.90. The van der Waals surface area contributed by atoms with E-state index in [0.29, 0.717) is 18.3 Å². The number of hydrogen-bond donors (Lipinski definition) is 1. The van der Waals surface area contributed by atoms with Gasteiger partial charge in [0.05, 0.1) is 18.1 Å². The lowest BCUT2D eigenvalue weighted by molar-refractivity contribution is -0.385. The maximum atomic E-state index is 11.0. The quantitative estimate of drug-likeness (QED) is 0.614. The van der Waals surface area contributed by atoms with Crippen LogP contribution in [0.25, 0.3) is 0 Å². The molecular formula is C14H20N2O4. The highest BCUT2D eigenvalue weighted by atomic mass is 16.6. The van der Waals surface area contributed by atoms with Crippen molar-refractivity contribution in [1.29, 1.82) is 0 Å². The molecule has 1 aliphatic heterocycles. The molecule has 6 nitrogen and oxygen atoms in total. The molecule has 6 heteroatoms. The van der Waals surface area contributed by atoms with Crippen molar-refractivity contribution in [3.05, 3.63) is 28.3 Å². The Morgan fingerprint density at radius 1 is 1.55 bits per heavy atom. The van der Waals surface area contributed by atoms with Crippen LogP contribution < -0.4 is 10.1 Å². The Labute approximate surface area is 118 Å². The lowest BCUT2D eigenvalue weighted by Crippen LogP contribution is -2.14. The molecule has 0 saturated carbocycles. The van der Waals surface area contributed by atoms with Crippen LogP contribution in [0.3, 0.4) is 0 Å². The molecule has 20 heavy (non-hydrogen) atoms. The Hall–Kier alpha value is -1.82. The van der Waals surface area contributed by atoms with E-state index in [1.54, 1.807) is 12.1 Å². The monoisotopic (exact) mass is 280 g/mol. The summed E-state index contributed by atoms with van der Waals surface area (Å²) in [6, 6.07) is 4.90. The molecule has 1 fully saturated rings. The largest absolute Gasteiger partial charge is 0.487 e. The number of ether oxygens (including phenoxy) is 2. The van der Waals surface area contributed by atoms with Gasteiger partial charge in [0.15, 0.2) is 5.75 Å². The molecule has 1 aromatic rings. The molecule has 0 bridgehead atoms. The second-order valence-corrected chi connectivity index (χ2v) is 4.90. The number of nitrogens with zero attached hydrogens (tertiary/aromatic N) is 1. The first-order chi connectivity index (χ1) is 9.70. The molecule has 1 aliphatic rings. The van der Waals surface area contributed by atoms with Crippen LogP contribution in [0.2, 0.25) is 0 Å². The first-order valence-corrected chi connectivity index (χ1v) is 6.93. The average Bonchev–Trinajstić information content (AvgIpc) is 2.96. The minimum atomic E-state index is -0.417. The van der Waals surface area contributed by atoms with Crippen LogP contribution in [0.15, 0.2) is 18.2 Å². The van der Waals surface area contributed by atoms with Crippen LogP contribution in [-0.2, 0) is 4.74 Å². The molecule has 0 radical (unpaired) electrons. The standard InChI is InChI=1S/C14H20N2O4/c1-2-6-20-14-8-12(3-4-13(14)16(17)18)15-9-11-5-7-19-10-11/h3-4,8,11,15H,2,5-7,9-10H2,1H3. The van der Waals surface area contributed by atoms with Crippen LogP contribution in [0, 0.1) is 16.0 Å². The van der Waals surface area contributed by atoms with E-state index in [4.69, 9.17) is 9.47 Å². The normalized spacial score (nSPS) is 17.9. The topological polar surface area (TPSA) is 73.6 Å².